The van der Waals surface area contributed by atoms with Crippen LogP contribution in [0, 0.1) is 0 Å². The SMILES string of the molecule is CCC(C)N(CC)CCC(=O)Nc1ccc(N)cc1OC. The van der Waals surface area contributed by atoms with Crippen LogP contribution in [-0.4, -0.2) is 37.0 Å². The van der Waals surface area contributed by atoms with E-state index in [1.165, 1.54) is 0 Å². The number of nitrogens with two attached hydrogens (primary N) is 1. The Morgan fingerprint density at radius 2 is 2.14 bits per heavy atom. The number of carbonyl (C=O) groups excluding carboxylic acids is 1. The molecule has 21 heavy (non-hydrogen) atoms. The molecule has 0 fully saturated rings. The van der Waals surface area contributed by atoms with E-state index in [0.29, 0.717) is 29.6 Å². The van der Waals surface area contributed by atoms with E-state index in [9.17, 15) is 4.79 Å². The Hall–Kier alpha value is -1.75. The monoisotopic (exact) mass is 293 g/mol. The zero-order valence-corrected chi connectivity index (χ0v) is 13.5. The first-order chi connectivity index (χ1) is 10.0. The molecular weight excluding hydrogens is 266 g/mol. The topological polar surface area (TPSA) is 67.6 Å². The number of methoxy groups -OCH3 is 1. The van der Waals surface area contributed by atoms with E-state index in [1.54, 1.807) is 25.3 Å². The third-order valence-corrected chi connectivity index (χ3v) is 3.75. The summed E-state index contributed by atoms with van der Waals surface area (Å²) in [5.41, 5.74) is 6.97. The minimum absolute atomic E-state index is 0.0141. The molecular formula is C16H27N3O2. The zero-order valence-electron chi connectivity index (χ0n) is 13.5. The number of nitrogen functional groups attached to an aromatic ring is 1. The Kier molecular flexibility index (Phi) is 7.02. The highest BCUT2D eigenvalue weighted by molar-refractivity contribution is 5.92. The molecule has 1 atom stereocenters. The molecule has 1 aromatic rings. The van der Waals surface area contributed by atoms with Gasteiger partial charge in [0.15, 0.2) is 0 Å². The number of hydrogen-bond acceptors (Lipinski definition) is 4. The summed E-state index contributed by atoms with van der Waals surface area (Å²) in [6.45, 7) is 8.17. The molecule has 5 heteroatoms. The summed E-state index contributed by atoms with van der Waals surface area (Å²) in [7, 11) is 1.56. The molecule has 0 radical (unpaired) electrons. The summed E-state index contributed by atoms with van der Waals surface area (Å²) in [5, 5.41) is 2.88. The number of rotatable bonds is 8. The van der Waals surface area contributed by atoms with Gasteiger partial charge in [0.05, 0.1) is 12.8 Å². The Bertz CT molecular complexity index is 463. The average molecular weight is 293 g/mol. The molecule has 0 saturated carbocycles. The van der Waals surface area contributed by atoms with E-state index < -0.39 is 0 Å². The maximum Gasteiger partial charge on any atom is 0.225 e. The van der Waals surface area contributed by atoms with Crippen LogP contribution >= 0.6 is 0 Å². The third kappa shape index (κ3) is 5.27. The molecule has 0 spiro atoms. The van der Waals surface area contributed by atoms with E-state index in [-0.39, 0.29) is 5.91 Å². The third-order valence-electron chi connectivity index (χ3n) is 3.75. The number of ether oxygens (including phenoxy) is 1. The molecule has 0 aliphatic carbocycles. The molecule has 1 unspecified atom stereocenters. The van der Waals surface area contributed by atoms with Crippen molar-refractivity contribution in [3.05, 3.63) is 18.2 Å². The predicted molar refractivity (Wildman–Crippen MR) is 87.7 cm³/mol. The number of nitrogens with zero attached hydrogens (tertiary/aromatic N) is 1. The van der Waals surface area contributed by atoms with Gasteiger partial charge in [-0.05, 0) is 32.0 Å². The molecule has 1 rings (SSSR count). The van der Waals surface area contributed by atoms with Crippen LogP contribution in [0.1, 0.15) is 33.6 Å². The van der Waals surface area contributed by atoms with Crippen molar-refractivity contribution in [1.29, 1.82) is 0 Å². The van der Waals surface area contributed by atoms with Crippen molar-refractivity contribution in [3.8, 4) is 5.75 Å². The molecule has 0 aliphatic rings. The van der Waals surface area contributed by atoms with Gasteiger partial charge in [-0.1, -0.05) is 13.8 Å². The Labute approximate surface area is 127 Å². The molecule has 0 bridgehead atoms. The number of carbonyl (C=O) groups is 1. The van der Waals surface area contributed by atoms with Crippen molar-refractivity contribution in [2.75, 3.05) is 31.2 Å². The van der Waals surface area contributed by atoms with Gasteiger partial charge < -0.3 is 20.7 Å². The first-order valence-corrected chi connectivity index (χ1v) is 7.49. The van der Waals surface area contributed by atoms with E-state index in [2.05, 4.69) is 31.0 Å². The smallest absolute Gasteiger partial charge is 0.225 e. The van der Waals surface area contributed by atoms with Crippen molar-refractivity contribution in [2.45, 2.75) is 39.7 Å². The summed E-state index contributed by atoms with van der Waals surface area (Å²) in [4.78, 5) is 14.4. The van der Waals surface area contributed by atoms with E-state index in [4.69, 9.17) is 10.5 Å². The lowest BCUT2D eigenvalue weighted by Crippen LogP contribution is -2.35. The fourth-order valence-electron chi connectivity index (χ4n) is 2.22. The Morgan fingerprint density at radius 3 is 2.71 bits per heavy atom. The van der Waals surface area contributed by atoms with Gasteiger partial charge in [-0.15, -0.1) is 0 Å². The van der Waals surface area contributed by atoms with Crippen LogP contribution in [0.3, 0.4) is 0 Å². The normalized spacial score (nSPS) is 12.2. The summed E-state index contributed by atoms with van der Waals surface area (Å²) >= 11 is 0. The van der Waals surface area contributed by atoms with Crippen LogP contribution in [0.5, 0.6) is 5.75 Å². The molecule has 3 N–H and O–H groups in total. The first-order valence-electron chi connectivity index (χ1n) is 7.49. The molecule has 1 amide bonds. The number of anilines is 2. The molecule has 0 aromatic heterocycles. The minimum atomic E-state index is -0.0141. The summed E-state index contributed by atoms with van der Waals surface area (Å²) in [6.07, 6.45) is 1.55. The van der Waals surface area contributed by atoms with Crippen LogP contribution in [0.25, 0.3) is 0 Å². The van der Waals surface area contributed by atoms with Crippen molar-refractivity contribution in [1.82, 2.24) is 4.90 Å². The van der Waals surface area contributed by atoms with Gasteiger partial charge in [0.1, 0.15) is 5.75 Å². The second-order valence-corrected chi connectivity index (χ2v) is 5.14. The van der Waals surface area contributed by atoms with Crippen molar-refractivity contribution >= 4 is 17.3 Å². The van der Waals surface area contributed by atoms with Gasteiger partial charge in [-0.25, -0.2) is 0 Å². The van der Waals surface area contributed by atoms with Gasteiger partial charge in [-0.2, -0.15) is 0 Å². The molecule has 118 valence electrons. The van der Waals surface area contributed by atoms with E-state index in [1.807, 2.05) is 0 Å². The number of amides is 1. The molecule has 0 saturated heterocycles. The van der Waals surface area contributed by atoms with Crippen molar-refractivity contribution < 1.29 is 9.53 Å². The highest BCUT2D eigenvalue weighted by Crippen LogP contribution is 2.26. The standard InChI is InChI=1S/C16H27N3O2/c1-5-12(3)19(6-2)10-9-16(20)18-14-8-7-13(17)11-15(14)21-4/h7-8,11-12H,5-6,9-10,17H2,1-4H3,(H,18,20). The largest absolute Gasteiger partial charge is 0.494 e. The predicted octanol–water partition coefficient (Wildman–Crippen LogP) is 2.73. The average Bonchev–Trinajstić information content (AvgIpc) is 2.49. The lowest BCUT2D eigenvalue weighted by atomic mass is 10.2. The van der Waals surface area contributed by atoms with Crippen LogP contribution in [0.4, 0.5) is 11.4 Å². The minimum Gasteiger partial charge on any atom is -0.494 e. The van der Waals surface area contributed by atoms with Gasteiger partial charge in [0.25, 0.3) is 0 Å². The van der Waals surface area contributed by atoms with Gasteiger partial charge in [0, 0.05) is 30.8 Å². The number of hydrogen-bond donors (Lipinski definition) is 2. The second kappa shape index (κ2) is 8.52. The Morgan fingerprint density at radius 1 is 1.43 bits per heavy atom. The second-order valence-electron chi connectivity index (χ2n) is 5.14. The van der Waals surface area contributed by atoms with Crippen LogP contribution < -0.4 is 15.8 Å². The summed E-state index contributed by atoms with van der Waals surface area (Å²) in [6, 6.07) is 5.70. The highest BCUT2D eigenvalue weighted by Gasteiger charge is 2.13. The van der Waals surface area contributed by atoms with Crippen LogP contribution in [0.15, 0.2) is 18.2 Å². The molecule has 0 aliphatic heterocycles. The van der Waals surface area contributed by atoms with Gasteiger partial charge >= 0.3 is 0 Å². The summed E-state index contributed by atoms with van der Waals surface area (Å²) < 4.78 is 5.22. The summed E-state index contributed by atoms with van der Waals surface area (Å²) in [5.74, 6) is 0.567. The molecule has 1 aromatic carbocycles. The van der Waals surface area contributed by atoms with E-state index >= 15 is 0 Å². The lowest BCUT2D eigenvalue weighted by Gasteiger charge is -2.26. The zero-order chi connectivity index (χ0) is 15.8. The lowest BCUT2D eigenvalue weighted by molar-refractivity contribution is -0.116. The van der Waals surface area contributed by atoms with Crippen molar-refractivity contribution in [3.63, 3.8) is 0 Å². The van der Waals surface area contributed by atoms with Crippen LogP contribution in [-0.2, 0) is 4.79 Å². The quantitative estimate of drug-likeness (QED) is 0.723. The van der Waals surface area contributed by atoms with Crippen LogP contribution in [0.2, 0.25) is 0 Å². The number of benzene rings is 1. The fraction of sp³-hybridized carbons (Fsp3) is 0.562. The van der Waals surface area contributed by atoms with Gasteiger partial charge in [0.2, 0.25) is 5.91 Å². The van der Waals surface area contributed by atoms with Gasteiger partial charge in [-0.3, -0.25) is 4.79 Å². The van der Waals surface area contributed by atoms with Crippen molar-refractivity contribution in [2.24, 2.45) is 0 Å². The number of nitrogens with one attached hydrogen (secondary N) is 1. The fourth-order valence-corrected chi connectivity index (χ4v) is 2.22. The molecule has 5 nitrogen and oxygen atoms in total. The maximum absolute atomic E-state index is 12.1. The highest BCUT2D eigenvalue weighted by atomic mass is 16.5. The maximum atomic E-state index is 12.1. The first kappa shape index (κ1) is 17.3. The molecule has 0 heterocycles. The Balaban J connectivity index is 2.58. The van der Waals surface area contributed by atoms with E-state index in [0.717, 1.165) is 19.5 Å².